The molecular formula is C32H48N4O7. The minimum atomic E-state index is -0.416. The fourth-order valence-electron chi connectivity index (χ4n) is 5.12. The molecule has 2 fully saturated rings. The van der Waals surface area contributed by atoms with Crippen molar-refractivity contribution in [3.63, 3.8) is 0 Å². The summed E-state index contributed by atoms with van der Waals surface area (Å²) in [5, 5.41) is 9.94. The van der Waals surface area contributed by atoms with Gasteiger partial charge in [-0.2, -0.15) is 0 Å². The Morgan fingerprint density at radius 1 is 1.21 bits per heavy atom. The van der Waals surface area contributed by atoms with E-state index in [1.165, 1.54) is 39.2 Å². The summed E-state index contributed by atoms with van der Waals surface area (Å²) in [5.74, 6) is 1.39. The van der Waals surface area contributed by atoms with Gasteiger partial charge in [0.05, 0.1) is 31.3 Å². The summed E-state index contributed by atoms with van der Waals surface area (Å²) in [5.41, 5.74) is 1.60. The van der Waals surface area contributed by atoms with Crippen molar-refractivity contribution in [2.24, 2.45) is 11.3 Å². The number of aromatic amines is 1. The van der Waals surface area contributed by atoms with Crippen molar-refractivity contribution in [2.45, 2.75) is 84.2 Å². The molecule has 2 aromatic rings. The highest BCUT2D eigenvalue weighted by Gasteiger charge is 2.40. The molecule has 0 bridgehead atoms. The maximum Gasteiger partial charge on any atom is 0.328 e. The molecule has 11 heteroatoms. The first-order valence-corrected chi connectivity index (χ1v) is 14.9. The molecule has 2 heterocycles. The van der Waals surface area contributed by atoms with E-state index in [0.29, 0.717) is 29.9 Å². The van der Waals surface area contributed by atoms with Crippen LogP contribution in [0.1, 0.15) is 77.8 Å². The number of carbonyl (C=O) groups excluding carboxylic acids is 2. The molecular weight excluding hydrogens is 552 g/mol. The van der Waals surface area contributed by atoms with E-state index in [4.69, 9.17) is 19.4 Å². The topological polar surface area (TPSA) is 151 Å². The smallest absolute Gasteiger partial charge is 0.328 e. The Bertz CT molecular complexity index is 1280. The number of rotatable bonds is 10. The third-order valence-electron chi connectivity index (χ3n) is 7.54. The highest BCUT2D eigenvalue weighted by atomic mass is 16.5. The molecule has 1 aliphatic carbocycles. The molecule has 1 saturated carbocycles. The molecule has 0 radical (unpaired) electrons. The molecule has 2 unspecified atom stereocenters. The van der Waals surface area contributed by atoms with Gasteiger partial charge in [0, 0.05) is 12.6 Å². The summed E-state index contributed by atoms with van der Waals surface area (Å²) < 4.78 is 9.91. The SMILES string of the molecule is CNC(C(=O)N1CCCC1C(=O)OC)C(C)(C)C.COc1ccc2nc(/C=C/CCCCC3CC3)c(=O)[nH]c2c1.O=CO. The van der Waals surface area contributed by atoms with E-state index in [9.17, 15) is 14.4 Å². The Balaban J connectivity index is 0.000000281. The molecule has 1 amide bonds. The molecule has 1 aliphatic heterocycles. The summed E-state index contributed by atoms with van der Waals surface area (Å²) in [7, 11) is 4.74. The number of methoxy groups -OCH3 is 2. The predicted molar refractivity (Wildman–Crippen MR) is 167 cm³/mol. The summed E-state index contributed by atoms with van der Waals surface area (Å²) in [6, 6.07) is 4.79. The average Bonchev–Trinajstić information content (AvgIpc) is 3.66. The van der Waals surface area contributed by atoms with Gasteiger partial charge < -0.3 is 29.8 Å². The molecule has 0 spiro atoms. The number of H-pyrrole nitrogens is 1. The maximum absolute atomic E-state index is 12.5. The Hall–Kier alpha value is -3.73. The third kappa shape index (κ3) is 11.1. The molecule has 2 aliphatic rings. The number of fused-ring (bicyclic) bond motifs is 1. The quantitative estimate of drug-likeness (QED) is 0.205. The van der Waals surface area contributed by atoms with E-state index in [2.05, 4.69) is 21.4 Å². The third-order valence-corrected chi connectivity index (χ3v) is 7.54. The fourth-order valence-corrected chi connectivity index (χ4v) is 5.12. The van der Waals surface area contributed by atoms with Gasteiger partial charge in [-0.1, -0.05) is 52.5 Å². The van der Waals surface area contributed by atoms with E-state index in [1.54, 1.807) is 25.1 Å². The van der Waals surface area contributed by atoms with Crippen LogP contribution in [0.5, 0.6) is 5.75 Å². The first-order chi connectivity index (χ1) is 20.5. The molecule has 4 rings (SSSR count). The lowest BCUT2D eigenvalue weighted by Gasteiger charge is -2.34. The number of nitrogens with one attached hydrogen (secondary N) is 2. The van der Waals surface area contributed by atoms with Gasteiger partial charge in [0.15, 0.2) is 0 Å². The molecule has 1 aromatic heterocycles. The number of aromatic nitrogens is 2. The minimum absolute atomic E-state index is 0.0158. The van der Waals surface area contributed by atoms with Crippen molar-refractivity contribution in [2.75, 3.05) is 27.8 Å². The van der Waals surface area contributed by atoms with Crippen LogP contribution in [0.3, 0.4) is 0 Å². The molecule has 3 N–H and O–H groups in total. The minimum Gasteiger partial charge on any atom is -0.497 e. The van der Waals surface area contributed by atoms with Gasteiger partial charge in [-0.05, 0) is 62.3 Å². The van der Waals surface area contributed by atoms with E-state index >= 15 is 0 Å². The van der Waals surface area contributed by atoms with Crippen molar-refractivity contribution in [1.82, 2.24) is 20.2 Å². The Kier molecular flexibility index (Phi) is 14.4. The van der Waals surface area contributed by atoms with Crippen LogP contribution >= 0.6 is 0 Å². The molecule has 11 nitrogen and oxygen atoms in total. The first-order valence-electron chi connectivity index (χ1n) is 14.9. The van der Waals surface area contributed by atoms with Gasteiger partial charge >= 0.3 is 5.97 Å². The standard InChI is InChI=1S/C18H22N2O2.C13H24N2O3.CH2O2/c1-22-14-10-11-15-17(12-14)20-18(21)16(19-15)7-5-3-2-4-6-13-8-9-13;1-13(2,3)10(14-4)11(16)15-8-6-7-9(15)12(17)18-5;2-1-3/h5,7,10-13H,2-4,6,8-9H2,1H3,(H,20,21);9-10,14H,6-8H2,1-5H3;1H,(H,2,3)/b7-5+;;. The van der Waals surface area contributed by atoms with Gasteiger partial charge in [-0.25, -0.2) is 9.78 Å². The average molecular weight is 601 g/mol. The number of amides is 1. The number of benzene rings is 1. The summed E-state index contributed by atoms with van der Waals surface area (Å²) in [4.78, 5) is 53.5. The number of ether oxygens (including phenoxy) is 2. The van der Waals surface area contributed by atoms with E-state index in [-0.39, 0.29) is 35.4 Å². The monoisotopic (exact) mass is 600 g/mol. The largest absolute Gasteiger partial charge is 0.497 e. The van der Waals surface area contributed by atoms with Crippen LogP contribution < -0.4 is 15.6 Å². The number of hydrogen-bond acceptors (Lipinski definition) is 8. The van der Waals surface area contributed by atoms with Crippen molar-refractivity contribution in [3.8, 4) is 5.75 Å². The van der Waals surface area contributed by atoms with E-state index < -0.39 is 6.04 Å². The second kappa shape index (κ2) is 17.4. The lowest BCUT2D eigenvalue weighted by molar-refractivity contribution is -0.152. The summed E-state index contributed by atoms with van der Waals surface area (Å²) in [6.07, 6.45) is 13.1. The molecule has 1 saturated heterocycles. The van der Waals surface area contributed by atoms with Gasteiger partial charge in [0.2, 0.25) is 5.91 Å². The van der Waals surface area contributed by atoms with E-state index in [0.717, 1.165) is 24.3 Å². The lowest BCUT2D eigenvalue weighted by atomic mass is 9.86. The summed E-state index contributed by atoms with van der Waals surface area (Å²) in [6.45, 7) is 6.41. The van der Waals surface area contributed by atoms with Gasteiger partial charge in [0.25, 0.3) is 12.0 Å². The zero-order chi connectivity index (χ0) is 32.0. The fraction of sp³-hybridized carbons (Fsp3) is 0.594. The Labute approximate surface area is 254 Å². The zero-order valence-electron chi connectivity index (χ0n) is 26.4. The van der Waals surface area contributed by atoms with Gasteiger partial charge in [-0.3, -0.25) is 14.4 Å². The van der Waals surface area contributed by atoms with E-state index in [1.807, 2.05) is 39.0 Å². The van der Waals surface area contributed by atoms with Gasteiger partial charge in [-0.15, -0.1) is 0 Å². The van der Waals surface area contributed by atoms with Gasteiger partial charge in [0.1, 0.15) is 17.5 Å². The van der Waals surface area contributed by atoms with Crippen LogP contribution in [0.4, 0.5) is 0 Å². The van der Waals surface area contributed by atoms with Crippen molar-refractivity contribution in [1.29, 1.82) is 0 Å². The number of likely N-dealkylation sites (tertiary alicyclic amines) is 1. The number of allylic oxidation sites excluding steroid dienone is 1. The number of unbranched alkanes of at least 4 members (excludes halogenated alkanes) is 2. The highest BCUT2D eigenvalue weighted by Crippen LogP contribution is 2.34. The molecule has 2 atom stereocenters. The van der Waals surface area contributed by atoms with Crippen LogP contribution in [0.15, 0.2) is 29.1 Å². The molecule has 43 heavy (non-hydrogen) atoms. The summed E-state index contributed by atoms with van der Waals surface area (Å²) >= 11 is 0. The molecule has 238 valence electrons. The first kappa shape index (κ1) is 35.5. The van der Waals surface area contributed by atoms with Crippen molar-refractivity contribution >= 4 is 35.5 Å². The maximum atomic E-state index is 12.5. The highest BCUT2D eigenvalue weighted by molar-refractivity contribution is 5.88. The van der Waals surface area contributed by atoms with Crippen LogP contribution in [0.25, 0.3) is 17.1 Å². The predicted octanol–water partition coefficient (Wildman–Crippen LogP) is 4.40. The zero-order valence-corrected chi connectivity index (χ0v) is 26.4. The number of esters is 1. The normalized spacial score (nSPS) is 17.0. The van der Waals surface area contributed by atoms with Crippen LogP contribution in [0, 0.1) is 11.3 Å². The van der Waals surface area contributed by atoms with Crippen LogP contribution in [-0.4, -0.2) is 78.2 Å². The lowest BCUT2D eigenvalue weighted by Crippen LogP contribution is -2.54. The van der Waals surface area contributed by atoms with Crippen molar-refractivity contribution < 1.29 is 29.0 Å². The number of nitrogens with zero attached hydrogens (tertiary/aromatic N) is 2. The Morgan fingerprint density at radius 2 is 1.91 bits per heavy atom. The van der Waals surface area contributed by atoms with Crippen LogP contribution in [0.2, 0.25) is 0 Å². The Morgan fingerprint density at radius 3 is 2.49 bits per heavy atom. The second-order valence-corrected chi connectivity index (χ2v) is 11.9. The number of hydrogen-bond donors (Lipinski definition) is 3. The number of likely N-dealkylation sites (N-methyl/N-ethyl adjacent to an activating group) is 1. The second-order valence-electron chi connectivity index (χ2n) is 11.9. The van der Waals surface area contributed by atoms with Crippen molar-refractivity contribution in [3.05, 3.63) is 40.3 Å². The van der Waals surface area contributed by atoms with Crippen LogP contribution in [-0.2, 0) is 19.1 Å². The number of carboxylic acid groups (broad SMARTS) is 1. The number of carbonyl (C=O) groups is 3. The molecule has 1 aromatic carbocycles.